The number of halogens is 2. The molecule has 1 aliphatic rings. The number of aromatic hydroxyl groups is 1. The number of H-pyrrole nitrogens is 1. The molecule has 1 unspecified atom stereocenters. The van der Waals surface area contributed by atoms with Crippen molar-refractivity contribution in [2.75, 3.05) is 13.1 Å². The lowest BCUT2D eigenvalue weighted by Crippen LogP contribution is -2.41. The van der Waals surface area contributed by atoms with E-state index in [-0.39, 0.29) is 33.7 Å². The minimum atomic E-state index is -0.717. The molecule has 0 aliphatic carbocycles. The number of aromatic nitrogens is 1. The SMILES string of the molecule is Cc1cc(O)c(C(N)C2CCN(C(=O)c3c[nH]c(=O)c(C)c3)CC2)c(F)c1Cl. The van der Waals surface area contributed by atoms with Gasteiger partial charge in [0.1, 0.15) is 5.75 Å². The zero-order chi connectivity index (χ0) is 20.6. The standard InChI is InChI=1S/C20H23ClFN3O3/c1-10-8-14(26)15(17(22)16(10)21)18(23)12-3-5-25(6-4-12)20(28)13-7-11(2)19(27)24-9-13/h7-9,12,18,26H,3-6,23H2,1-2H3,(H,24,27). The largest absolute Gasteiger partial charge is 0.507 e. The van der Waals surface area contributed by atoms with Gasteiger partial charge in [-0.05, 0) is 50.3 Å². The number of carbonyl (C=O) groups is 1. The van der Waals surface area contributed by atoms with E-state index >= 15 is 0 Å². The highest BCUT2D eigenvalue weighted by molar-refractivity contribution is 6.31. The minimum absolute atomic E-state index is 0.0247. The normalized spacial score (nSPS) is 16.2. The van der Waals surface area contributed by atoms with Crippen molar-refractivity contribution in [3.05, 3.63) is 61.8 Å². The van der Waals surface area contributed by atoms with Crippen LogP contribution in [0.25, 0.3) is 0 Å². The van der Waals surface area contributed by atoms with Gasteiger partial charge in [0.25, 0.3) is 11.5 Å². The van der Waals surface area contributed by atoms with Crippen LogP contribution in [0.3, 0.4) is 0 Å². The molecule has 1 aliphatic heterocycles. The first-order valence-corrected chi connectivity index (χ1v) is 9.50. The average Bonchev–Trinajstić information content (AvgIpc) is 2.68. The fourth-order valence-corrected chi connectivity index (χ4v) is 3.82. The maximum Gasteiger partial charge on any atom is 0.255 e. The number of pyridine rings is 1. The Morgan fingerprint density at radius 3 is 2.57 bits per heavy atom. The predicted octanol–water partition coefficient (Wildman–Crippen LogP) is 3.04. The summed E-state index contributed by atoms with van der Waals surface area (Å²) < 4.78 is 14.6. The van der Waals surface area contributed by atoms with Crippen LogP contribution in [0.2, 0.25) is 5.02 Å². The number of hydrogen-bond acceptors (Lipinski definition) is 4. The number of nitrogens with zero attached hydrogens (tertiary/aromatic N) is 1. The van der Waals surface area contributed by atoms with E-state index in [9.17, 15) is 19.1 Å². The van der Waals surface area contributed by atoms with Crippen molar-refractivity contribution in [2.24, 2.45) is 11.7 Å². The molecule has 6 nitrogen and oxygen atoms in total. The number of hydrogen-bond donors (Lipinski definition) is 3. The smallest absolute Gasteiger partial charge is 0.255 e. The Bertz CT molecular complexity index is 968. The highest BCUT2D eigenvalue weighted by Gasteiger charge is 2.31. The van der Waals surface area contributed by atoms with Crippen molar-refractivity contribution in [3.8, 4) is 5.75 Å². The number of piperidine rings is 1. The summed E-state index contributed by atoms with van der Waals surface area (Å²) in [7, 11) is 0. The Morgan fingerprint density at radius 2 is 1.96 bits per heavy atom. The van der Waals surface area contributed by atoms with E-state index in [1.54, 1.807) is 24.8 Å². The summed E-state index contributed by atoms with van der Waals surface area (Å²) in [4.78, 5) is 28.4. The molecular weight excluding hydrogens is 385 g/mol. The number of phenols is 1. The number of benzene rings is 1. The molecule has 0 radical (unpaired) electrons. The van der Waals surface area contributed by atoms with Crippen molar-refractivity contribution < 1.29 is 14.3 Å². The molecule has 3 rings (SSSR count). The van der Waals surface area contributed by atoms with Crippen LogP contribution in [-0.2, 0) is 0 Å². The third-order valence-corrected chi connectivity index (χ3v) is 5.87. The number of rotatable bonds is 3. The van der Waals surface area contributed by atoms with Gasteiger partial charge in [-0.25, -0.2) is 4.39 Å². The molecule has 0 spiro atoms. The molecule has 0 bridgehead atoms. The molecule has 8 heteroatoms. The molecule has 2 heterocycles. The summed E-state index contributed by atoms with van der Waals surface area (Å²) in [6.45, 7) is 4.17. The number of aryl methyl sites for hydroxylation is 2. The molecule has 2 aromatic rings. The lowest BCUT2D eigenvalue weighted by atomic mass is 9.85. The Morgan fingerprint density at radius 1 is 1.32 bits per heavy atom. The zero-order valence-electron chi connectivity index (χ0n) is 15.8. The van der Waals surface area contributed by atoms with E-state index in [4.69, 9.17) is 17.3 Å². The van der Waals surface area contributed by atoms with Gasteiger partial charge in [-0.3, -0.25) is 9.59 Å². The summed E-state index contributed by atoms with van der Waals surface area (Å²) >= 11 is 5.97. The van der Waals surface area contributed by atoms with Gasteiger partial charge in [0.15, 0.2) is 5.82 Å². The minimum Gasteiger partial charge on any atom is -0.507 e. The first kappa shape index (κ1) is 20.4. The van der Waals surface area contributed by atoms with E-state index in [1.807, 2.05) is 0 Å². The molecular formula is C20H23ClFN3O3. The topological polar surface area (TPSA) is 99.4 Å². The van der Waals surface area contributed by atoms with E-state index < -0.39 is 11.9 Å². The van der Waals surface area contributed by atoms with E-state index in [2.05, 4.69) is 4.98 Å². The van der Waals surface area contributed by atoms with Gasteiger partial charge in [-0.2, -0.15) is 0 Å². The number of amides is 1. The van der Waals surface area contributed by atoms with Crippen molar-refractivity contribution in [1.82, 2.24) is 9.88 Å². The molecule has 1 saturated heterocycles. The number of nitrogens with two attached hydrogens (primary N) is 1. The molecule has 1 amide bonds. The van der Waals surface area contributed by atoms with Gasteiger partial charge in [0, 0.05) is 36.5 Å². The third-order valence-electron chi connectivity index (χ3n) is 5.41. The summed E-state index contributed by atoms with van der Waals surface area (Å²) in [6.07, 6.45) is 2.55. The van der Waals surface area contributed by atoms with Gasteiger partial charge >= 0.3 is 0 Å². The maximum atomic E-state index is 14.6. The van der Waals surface area contributed by atoms with Crippen LogP contribution in [0, 0.1) is 25.6 Å². The molecule has 1 fully saturated rings. The molecule has 0 saturated carbocycles. The molecule has 1 aromatic carbocycles. The number of likely N-dealkylation sites (tertiary alicyclic amines) is 1. The zero-order valence-corrected chi connectivity index (χ0v) is 16.5. The Labute approximate surface area is 167 Å². The second-order valence-corrected chi connectivity index (χ2v) is 7.69. The van der Waals surface area contributed by atoms with Gasteiger partial charge < -0.3 is 20.7 Å². The fraction of sp³-hybridized carbons (Fsp3) is 0.400. The number of nitrogens with one attached hydrogen (secondary N) is 1. The van der Waals surface area contributed by atoms with Gasteiger partial charge in [0.2, 0.25) is 0 Å². The van der Waals surface area contributed by atoms with Gasteiger partial charge in [0.05, 0.1) is 10.6 Å². The summed E-state index contributed by atoms with van der Waals surface area (Å²) in [5.74, 6) is -1.15. The van der Waals surface area contributed by atoms with Crippen molar-refractivity contribution in [3.63, 3.8) is 0 Å². The van der Waals surface area contributed by atoms with Gasteiger partial charge in [-0.1, -0.05) is 11.6 Å². The second kappa shape index (κ2) is 7.93. The van der Waals surface area contributed by atoms with Crippen molar-refractivity contribution >= 4 is 17.5 Å². The summed E-state index contributed by atoms with van der Waals surface area (Å²) in [5, 5.41) is 10.1. The fourth-order valence-electron chi connectivity index (χ4n) is 3.67. The third kappa shape index (κ3) is 3.77. The molecule has 4 N–H and O–H groups in total. The number of aromatic amines is 1. The molecule has 1 aromatic heterocycles. The van der Waals surface area contributed by atoms with Crippen LogP contribution in [-0.4, -0.2) is 34.0 Å². The monoisotopic (exact) mass is 407 g/mol. The van der Waals surface area contributed by atoms with Crippen LogP contribution in [0.15, 0.2) is 23.1 Å². The first-order chi connectivity index (χ1) is 13.2. The molecule has 28 heavy (non-hydrogen) atoms. The van der Waals surface area contributed by atoms with Gasteiger partial charge in [-0.15, -0.1) is 0 Å². The summed E-state index contributed by atoms with van der Waals surface area (Å²) in [5.41, 5.74) is 7.41. The van der Waals surface area contributed by atoms with E-state index in [1.165, 1.54) is 12.3 Å². The predicted molar refractivity (Wildman–Crippen MR) is 105 cm³/mol. The van der Waals surface area contributed by atoms with E-state index in [0.29, 0.717) is 42.6 Å². The Kier molecular flexibility index (Phi) is 5.76. The highest BCUT2D eigenvalue weighted by Crippen LogP contribution is 2.38. The Balaban J connectivity index is 1.72. The number of phenolic OH excluding ortho intramolecular Hbond substituents is 1. The lowest BCUT2D eigenvalue weighted by molar-refractivity contribution is 0.0676. The van der Waals surface area contributed by atoms with Crippen molar-refractivity contribution in [2.45, 2.75) is 32.7 Å². The quantitative estimate of drug-likeness (QED) is 0.728. The lowest BCUT2D eigenvalue weighted by Gasteiger charge is -2.35. The van der Waals surface area contributed by atoms with Crippen molar-refractivity contribution in [1.29, 1.82) is 0 Å². The van der Waals surface area contributed by atoms with Crippen LogP contribution in [0.5, 0.6) is 5.75 Å². The molecule has 150 valence electrons. The van der Waals surface area contributed by atoms with Crippen LogP contribution in [0.1, 0.15) is 45.9 Å². The van der Waals surface area contributed by atoms with Crippen LogP contribution >= 0.6 is 11.6 Å². The second-order valence-electron chi connectivity index (χ2n) is 7.31. The maximum absolute atomic E-state index is 14.6. The molecule has 1 atom stereocenters. The first-order valence-electron chi connectivity index (χ1n) is 9.12. The number of carbonyl (C=O) groups excluding carboxylic acids is 1. The van der Waals surface area contributed by atoms with Crippen LogP contribution < -0.4 is 11.3 Å². The Hall–Kier alpha value is -2.38. The average molecular weight is 408 g/mol. The summed E-state index contributed by atoms with van der Waals surface area (Å²) in [6, 6.07) is 2.27. The highest BCUT2D eigenvalue weighted by atomic mass is 35.5. The van der Waals surface area contributed by atoms with Crippen LogP contribution in [0.4, 0.5) is 4.39 Å². The van der Waals surface area contributed by atoms with E-state index in [0.717, 1.165) is 0 Å².